The average Bonchev–Trinajstić information content (AvgIpc) is 3.55. The largest absolute Gasteiger partial charge is 0.376 e. The highest BCUT2D eigenvalue weighted by atomic mass is 32.2. The number of pyridine rings is 1. The first-order valence-corrected chi connectivity index (χ1v) is 12.5. The molecule has 0 spiro atoms. The van der Waals surface area contributed by atoms with E-state index in [1.165, 1.54) is 56.2 Å². The van der Waals surface area contributed by atoms with Crippen LogP contribution in [0.2, 0.25) is 0 Å². The Labute approximate surface area is 173 Å². The van der Waals surface area contributed by atoms with Crippen molar-refractivity contribution in [2.45, 2.75) is 95.7 Å². The van der Waals surface area contributed by atoms with Crippen molar-refractivity contribution in [3.8, 4) is 0 Å². The van der Waals surface area contributed by atoms with Crippen molar-refractivity contribution in [1.29, 1.82) is 0 Å². The van der Waals surface area contributed by atoms with Gasteiger partial charge in [-0.05, 0) is 88.0 Å². The lowest BCUT2D eigenvalue weighted by molar-refractivity contribution is -0.00685. The Morgan fingerprint density at radius 1 is 1.18 bits per heavy atom. The minimum atomic E-state index is 0.102. The number of ether oxygens (including phenoxy) is 1. The predicted molar refractivity (Wildman–Crippen MR) is 117 cm³/mol. The molecule has 3 aliphatic rings. The SMILES string of the molecule is CCC1CCC(OCC2C(NSC)CCc3c(C4CC4)cc(C)c(=O)n32)CC1. The van der Waals surface area contributed by atoms with Gasteiger partial charge in [0.2, 0.25) is 0 Å². The summed E-state index contributed by atoms with van der Waals surface area (Å²) >= 11 is 1.66. The molecule has 0 amide bonds. The fourth-order valence-corrected chi connectivity index (χ4v) is 5.86. The second-order valence-electron chi connectivity index (χ2n) is 9.10. The standard InChI is InChI=1S/C23H36N2O2S/c1-4-16-5-9-18(10-6-16)27-14-22-20(24-28-3)11-12-21-19(17-7-8-17)13-15(2)23(26)25(21)22/h13,16-18,20,22,24H,4-12,14H2,1-3H3. The summed E-state index contributed by atoms with van der Waals surface area (Å²) < 4.78 is 12.1. The van der Waals surface area contributed by atoms with Crippen LogP contribution in [0.25, 0.3) is 0 Å². The molecule has 1 aromatic rings. The molecule has 2 heterocycles. The molecular weight excluding hydrogens is 368 g/mol. The molecule has 0 saturated heterocycles. The zero-order chi connectivity index (χ0) is 19.7. The van der Waals surface area contributed by atoms with E-state index >= 15 is 0 Å². The van der Waals surface area contributed by atoms with E-state index in [1.807, 2.05) is 6.92 Å². The molecule has 2 unspecified atom stereocenters. The molecule has 0 bridgehead atoms. The van der Waals surface area contributed by atoms with Crippen molar-refractivity contribution >= 4 is 11.9 Å². The van der Waals surface area contributed by atoms with Gasteiger partial charge < -0.3 is 9.30 Å². The Morgan fingerprint density at radius 2 is 1.93 bits per heavy atom. The van der Waals surface area contributed by atoms with Crippen LogP contribution in [0.3, 0.4) is 0 Å². The lowest BCUT2D eigenvalue weighted by Crippen LogP contribution is -2.47. The molecule has 2 atom stereocenters. The smallest absolute Gasteiger partial charge is 0.254 e. The maximum atomic E-state index is 13.2. The van der Waals surface area contributed by atoms with E-state index in [1.54, 1.807) is 11.9 Å². The van der Waals surface area contributed by atoms with E-state index < -0.39 is 0 Å². The molecule has 28 heavy (non-hydrogen) atoms. The minimum absolute atomic E-state index is 0.102. The average molecular weight is 405 g/mol. The minimum Gasteiger partial charge on any atom is -0.376 e. The normalized spacial score (nSPS) is 30.2. The number of nitrogens with zero attached hydrogens (tertiary/aromatic N) is 1. The number of aromatic nitrogens is 1. The third kappa shape index (κ3) is 4.22. The third-order valence-corrected chi connectivity index (χ3v) is 7.74. The van der Waals surface area contributed by atoms with Gasteiger partial charge in [0.25, 0.3) is 5.56 Å². The predicted octanol–water partition coefficient (Wildman–Crippen LogP) is 4.74. The molecule has 0 aromatic carbocycles. The molecule has 4 nitrogen and oxygen atoms in total. The van der Waals surface area contributed by atoms with Gasteiger partial charge in [0.05, 0.1) is 18.8 Å². The van der Waals surface area contributed by atoms with Crippen molar-refractivity contribution in [3.05, 3.63) is 33.2 Å². The van der Waals surface area contributed by atoms with Crippen LogP contribution in [0.5, 0.6) is 0 Å². The van der Waals surface area contributed by atoms with E-state index in [4.69, 9.17) is 4.74 Å². The summed E-state index contributed by atoms with van der Waals surface area (Å²) in [5, 5.41) is 0. The zero-order valence-corrected chi connectivity index (χ0v) is 18.5. The Bertz CT molecular complexity index is 735. The Morgan fingerprint density at radius 3 is 2.57 bits per heavy atom. The maximum Gasteiger partial charge on any atom is 0.254 e. The molecule has 1 aromatic heterocycles. The van der Waals surface area contributed by atoms with Crippen LogP contribution in [0.15, 0.2) is 10.9 Å². The number of hydrogen-bond acceptors (Lipinski definition) is 4. The van der Waals surface area contributed by atoms with Crippen molar-refractivity contribution in [2.75, 3.05) is 12.9 Å². The molecule has 2 saturated carbocycles. The van der Waals surface area contributed by atoms with E-state index in [2.05, 4.69) is 28.5 Å². The Hall–Kier alpha value is -0.780. The van der Waals surface area contributed by atoms with Gasteiger partial charge in [0.1, 0.15) is 0 Å². The summed E-state index contributed by atoms with van der Waals surface area (Å²) in [7, 11) is 0. The van der Waals surface area contributed by atoms with Gasteiger partial charge in [-0.15, -0.1) is 0 Å². The van der Waals surface area contributed by atoms with E-state index in [0.717, 1.165) is 24.3 Å². The van der Waals surface area contributed by atoms with Gasteiger partial charge in [0, 0.05) is 17.3 Å². The molecular formula is C23H36N2O2S. The highest BCUT2D eigenvalue weighted by molar-refractivity contribution is 7.96. The first kappa shape index (κ1) is 20.5. The number of rotatable bonds is 7. The fourth-order valence-electron chi connectivity index (χ4n) is 5.28. The molecule has 2 aliphatic carbocycles. The number of aryl methyl sites for hydroxylation is 1. The van der Waals surface area contributed by atoms with Gasteiger partial charge >= 0.3 is 0 Å². The van der Waals surface area contributed by atoms with Gasteiger partial charge in [-0.1, -0.05) is 25.3 Å². The van der Waals surface area contributed by atoms with Crippen molar-refractivity contribution in [1.82, 2.24) is 9.29 Å². The number of fused-ring (bicyclic) bond motifs is 1. The first-order chi connectivity index (χ1) is 13.6. The van der Waals surface area contributed by atoms with E-state index in [9.17, 15) is 4.79 Å². The van der Waals surface area contributed by atoms with Crippen LogP contribution < -0.4 is 10.3 Å². The van der Waals surface area contributed by atoms with Gasteiger partial charge in [0.15, 0.2) is 0 Å². The number of nitrogens with one attached hydrogen (secondary N) is 1. The van der Waals surface area contributed by atoms with Crippen LogP contribution in [0, 0.1) is 12.8 Å². The van der Waals surface area contributed by atoms with Crippen LogP contribution >= 0.6 is 11.9 Å². The van der Waals surface area contributed by atoms with E-state index in [-0.39, 0.29) is 11.6 Å². The summed E-state index contributed by atoms with van der Waals surface area (Å²) in [4.78, 5) is 13.2. The monoisotopic (exact) mass is 404 g/mol. The van der Waals surface area contributed by atoms with Gasteiger partial charge in [-0.2, -0.15) is 0 Å². The maximum absolute atomic E-state index is 13.2. The second-order valence-corrected chi connectivity index (χ2v) is 9.74. The summed E-state index contributed by atoms with van der Waals surface area (Å²) in [5.41, 5.74) is 3.81. The van der Waals surface area contributed by atoms with Crippen LogP contribution in [-0.4, -0.2) is 29.6 Å². The topological polar surface area (TPSA) is 43.3 Å². The van der Waals surface area contributed by atoms with Crippen LogP contribution in [0.4, 0.5) is 0 Å². The van der Waals surface area contributed by atoms with Gasteiger partial charge in [-0.3, -0.25) is 9.52 Å². The lowest BCUT2D eigenvalue weighted by atomic mass is 9.86. The molecule has 1 N–H and O–H groups in total. The quantitative estimate of drug-likeness (QED) is 0.667. The van der Waals surface area contributed by atoms with Crippen molar-refractivity contribution < 1.29 is 4.74 Å². The van der Waals surface area contributed by atoms with E-state index in [0.29, 0.717) is 24.7 Å². The van der Waals surface area contributed by atoms with Gasteiger partial charge in [-0.25, -0.2) is 0 Å². The summed E-state index contributed by atoms with van der Waals surface area (Å²) in [6.45, 7) is 4.94. The molecule has 0 radical (unpaired) electrons. The van der Waals surface area contributed by atoms with Crippen molar-refractivity contribution in [2.24, 2.45) is 5.92 Å². The molecule has 4 rings (SSSR count). The summed E-state index contributed by atoms with van der Waals surface area (Å²) in [5.74, 6) is 1.56. The molecule has 156 valence electrons. The first-order valence-electron chi connectivity index (χ1n) is 11.3. The van der Waals surface area contributed by atoms with Crippen LogP contribution in [-0.2, 0) is 11.2 Å². The summed E-state index contributed by atoms with van der Waals surface area (Å²) in [6, 6.07) is 2.57. The third-order valence-electron chi connectivity index (χ3n) is 7.20. The second kappa shape index (κ2) is 8.93. The molecule has 2 fully saturated rings. The fraction of sp³-hybridized carbons (Fsp3) is 0.783. The highest BCUT2D eigenvalue weighted by Gasteiger charge is 2.36. The molecule has 1 aliphatic heterocycles. The lowest BCUT2D eigenvalue weighted by Gasteiger charge is -2.38. The Kier molecular flexibility index (Phi) is 6.53. The Balaban J connectivity index is 1.57. The molecule has 5 heteroatoms. The van der Waals surface area contributed by atoms with Crippen LogP contribution in [0.1, 0.15) is 87.1 Å². The van der Waals surface area contributed by atoms with Crippen molar-refractivity contribution in [3.63, 3.8) is 0 Å². The zero-order valence-electron chi connectivity index (χ0n) is 17.7. The summed E-state index contributed by atoms with van der Waals surface area (Å²) in [6.07, 6.45) is 13.3. The highest BCUT2D eigenvalue weighted by Crippen LogP contribution is 2.43. The number of hydrogen-bond donors (Lipinski definition) is 1.